The third-order valence-corrected chi connectivity index (χ3v) is 6.50. The highest BCUT2D eigenvalue weighted by Crippen LogP contribution is 2.40. The van der Waals surface area contributed by atoms with Crippen LogP contribution in [0.2, 0.25) is 0 Å². The molecular formula is C20H20F4N2O5S. The number of fused-ring (bicyclic) bond motifs is 1. The molecule has 0 radical (unpaired) electrons. The lowest BCUT2D eigenvalue weighted by Gasteiger charge is -2.35. The first-order valence-electron chi connectivity index (χ1n) is 9.54. The topological polar surface area (TPSA) is 98.9 Å². The molecule has 0 bridgehead atoms. The van der Waals surface area contributed by atoms with E-state index in [1.54, 1.807) is 6.92 Å². The Bertz CT molecular complexity index is 1120. The number of esters is 1. The van der Waals surface area contributed by atoms with Crippen molar-refractivity contribution in [2.24, 2.45) is 0 Å². The highest BCUT2D eigenvalue weighted by atomic mass is 32.2. The summed E-state index contributed by atoms with van der Waals surface area (Å²) in [4.78, 5) is 10.9. The monoisotopic (exact) mass is 476 g/mol. The molecule has 2 aromatic carbocycles. The van der Waals surface area contributed by atoms with Crippen molar-refractivity contribution in [2.75, 3.05) is 23.2 Å². The van der Waals surface area contributed by atoms with E-state index in [0.29, 0.717) is 6.07 Å². The molecule has 1 aliphatic rings. The SMILES string of the molecule is CCOC(=O)CC[C@@H]1CN(S(=O)(=O)c2ccc(F)c(C(F)(F)F)c2)c2cc(N)ccc2O1. The Morgan fingerprint density at radius 3 is 2.62 bits per heavy atom. The van der Waals surface area contributed by atoms with Gasteiger partial charge in [0.15, 0.2) is 0 Å². The molecule has 0 spiro atoms. The van der Waals surface area contributed by atoms with Crippen molar-refractivity contribution in [1.82, 2.24) is 0 Å². The van der Waals surface area contributed by atoms with Crippen molar-refractivity contribution < 1.29 is 40.2 Å². The molecule has 174 valence electrons. The molecule has 1 atom stereocenters. The largest absolute Gasteiger partial charge is 0.486 e. The van der Waals surface area contributed by atoms with Crippen LogP contribution in [-0.2, 0) is 25.7 Å². The molecular weight excluding hydrogens is 456 g/mol. The van der Waals surface area contributed by atoms with E-state index in [4.69, 9.17) is 15.2 Å². The predicted octanol–water partition coefficient (Wildman–Crippen LogP) is 3.73. The summed E-state index contributed by atoms with van der Waals surface area (Å²) in [6.45, 7) is 1.53. The average Bonchev–Trinajstić information content (AvgIpc) is 2.71. The van der Waals surface area contributed by atoms with E-state index < -0.39 is 44.5 Å². The molecule has 3 rings (SSSR count). The van der Waals surface area contributed by atoms with Crippen LogP contribution in [0.15, 0.2) is 41.3 Å². The van der Waals surface area contributed by atoms with Gasteiger partial charge in [-0.1, -0.05) is 0 Å². The zero-order valence-corrected chi connectivity index (χ0v) is 17.7. The van der Waals surface area contributed by atoms with Gasteiger partial charge < -0.3 is 15.2 Å². The van der Waals surface area contributed by atoms with Crippen molar-refractivity contribution in [2.45, 2.75) is 36.9 Å². The summed E-state index contributed by atoms with van der Waals surface area (Å²) in [5, 5.41) is 0. The molecule has 0 fully saturated rings. The molecule has 1 heterocycles. The fourth-order valence-electron chi connectivity index (χ4n) is 3.23. The first-order chi connectivity index (χ1) is 14.9. The quantitative estimate of drug-likeness (QED) is 0.388. The van der Waals surface area contributed by atoms with Gasteiger partial charge in [0.05, 0.1) is 29.3 Å². The maximum atomic E-state index is 13.7. The fourth-order valence-corrected chi connectivity index (χ4v) is 4.75. The van der Waals surface area contributed by atoms with Gasteiger partial charge in [0.25, 0.3) is 10.0 Å². The van der Waals surface area contributed by atoms with Gasteiger partial charge in [-0.05, 0) is 49.7 Å². The van der Waals surface area contributed by atoms with Gasteiger partial charge >= 0.3 is 12.1 Å². The number of hydrogen-bond acceptors (Lipinski definition) is 6. The highest BCUT2D eigenvalue weighted by molar-refractivity contribution is 7.92. The van der Waals surface area contributed by atoms with E-state index in [1.807, 2.05) is 0 Å². The van der Waals surface area contributed by atoms with Crippen LogP contribution in [0.4, 0.5) is 28.9 Å². The fraction of sp³-hybridized carbons (Fsp3) is 0.350. The summed E-state index contributed by atoms with van der Waals surface area (Å²) in [5.41, 5.74) is 4.29. The van der Waals surface area contributed by atoms with Crippen molar-refractivity contribution in [1.29, 1.82) is 0 Å². The lowest BCUT2D eigenvalue weighted by atomic mass is 10.1. The van der Waals surface area contributed by atoms with Gasteiger partial charge in [0.2, 0.25) is 0 Å². The van der Waals surface area contributed by atoms with E-state index in [0.717, 1.165) is 10.4 Å². The molecule has 0 aliphatic carbocycles. The number of carbonyl (C=O) groups excluding carboxylic acids is 1. The summed E-state index contributed by atoms with van der Waals surface area (Å²) in [6, 6.07) is 5.67. The number of benzene rings is 2. The van der Waals surface area contributed by atoms with Crippen LogP contribution in [0.3, 0.4) is 0 Å². The molecule has 0 saturated heterocycles. The Hall–Kier alpha value is -3.02. The minimum Gasteiger partial charge on any atom is -0.486 e. The number of nitrogens with two attached hydrogens (primary N) is 1. The van der Waals surface area contributed by atoms with Gasteiger partial charge in [-0.25, -0.2) is 12.8 Å². The second-order valence-electron chi connectivity index (χ2n) is 6.99. The standard InChI is InChI=1S/C20H20F4N2O5S/c1-2-30-19(27)8-4-13-11-26(17-9-12(25)3-7-18(17)31-13)32(28,29)14-5-6-16(21)15(10-14)20(22,23)24/h3,5-7,9-10,13H,2,4,8,11,25H2,1H3/t13-/m1/s1. The predicted molar refractivity (Wildman–Crippen MR) is 107 cm³/mol. The summed E-state index contributed by atoms with van der Waals surface area (Å²) < 4.78 is 91.1. The van der Waals surface area contributed by atoms with E-state index in [-0.39, 0.29) is 49.2 Å². The number of halogens is 4. The lowest BCUT2D eigenvalue weighted by Crippen LogP contribution is -2.43. The van der Waals surface area contributed by atoms with Gasteiger partial charge in [0, 0.05) is 12.1 Å². The highest BCUT2D eigenvalue weighted by Gasteiger charge is 2.38. The molecule has 0 unspecified atom stereocenters. The zero-order valence-electron chi connectivity index (χ0n) is 16.9. The van der Waals surface area contributed by atoms with E-state index in [2.05, 4.69) is 0 Å². The minimum atomic E-state index is -5.08. The Kier molecular flexibility index (Phi) is 6.54. The number of nitrogens with zero attached hydrogens (tertiary/aromatic N) is 1. The molecule has 2 N–H and O–H groups in total. The summed E-state index contributed by atoms with van der Waals surface area (Å²) in [7, 11) is -4.56. The van der Waals surface area contributed by atoms with E-state index in [9.17, 15) is 30.8 Å². The Morgan fingerprint density at radius 1 is 1.25 bits per heavy atom. The van der Waals surface area contributed by atoms with Gasteiger partial charge in [0.1, 0.15) is 17.7 Å². The molecule has 12 heteroatoms. The Labute approximate surface area is 181 Å². The van der Waals surface area contributed by atoms with E-state index in [1.165, 1.54) is 18.2 Å². The van der Waals surface area contributed by atoms with Crippen molar-refractivity contribution in [3.05, 3.63) is 47.8 Å². The van der Waals surface area contributed by atoms with Crippen molar-refractivity contribution >= 4 is 27.4 Å². The van der Waals surface area contributed by atoms with Crippen molar-refractivity contribution in [3.8, 4) is 5.75 Å². The second-order valence-corrected chi connectivity index (χ2v) is 8.85. The van der Waals surface area contributed by atoms with Gasteiger partial charge in [-0.2, -0.15) is 13.2 Å². The number of anilines is 2. The molecule has 0 aromatic heterocycles. The maximum Gasteiger partial charge on any atom is 0.419 e. The van der Waals surface area contributed by atoms with Crippen LogP contribution in [0.1, 0.15) is 25.3 Å². The summed E-state index contributed by atoms with van der Waals surface area (Å²) in [6.07, 6.45) is -5.81. The molecule has 0 amide bonds. The lowest BCUT2D eigenvalue weighted by molar-refractivity contribution is -0.143. The number of hydrogen-bond donors (Lipinski definition) is 1. The number of nitrogen functional groups attached to an aromatic ring is 1. The Balaban J connectivity index is 2.00. The normalized spacial score (nSPS) is 16.3. The molecule has 32 heavy (non-hydrogen) atoms. The summed E-state index contributed by atoms with van der Waals surface area (Å²) in [5.74, 6) is -1.96. The van der Waals surface area contributed by atoms with Crippen LogP contribution in [0.25, 0.3) is 0 Å². The average molecular weight is 476 g/mol. The summed E-state index contributed by atoms with van der Waals surface area (Å²) >= 11 is 0. The number of carbonyl (C=O) groups is 1. The second kappa shape index (κ2) is 8.85. The van der Waals surface area contributed by atoms with Crippen LogP contribution in [-0.4, -0.2) is 33.6 Å². The number of rotatable bonds is 6. The van der Waals surface area contributed by atoms with Crippen LogP contribution >= 0.6 is 0 Å². The van der Waals surface area contributed by atoms with Crippen molar-refractivity contribution in [3.63, 3.8) is 0 Å². The molecule has 7 nitrogen and oxygen atoms in total. The number of ether oxygens (including phenoxy) is 2. The maximum absolute atomic E-state index is 13.7. The Morgan fingerprint density at radius 2 is 1.97 bits per heavy atom. The third kappa shape index (κ3) is 4.90. The molecule has 2 aromatic rings. The third-order valence-electron chi connectivity index (χ3n) is 4.72. The van der Waals surface area contributed by atoms with Gasteiger partial charge in [-0.15, -0.1) is 0 Å². The molecule has 0 saturated carbocycles. The van der Waals surface area contributed by atoms with E-state index >= 15 is 0 Å². The van der Waals surface area contributed by atoms with Gasteiger partial charge in [-0.3, -0.25) is 9.10 Å². The smallest absolute Gasteiger partial charge is 0.419 e. The first kappa shape index (κ1) is 23.6. The molecule has 1 aliphatic heterocycles. The number of sulfonamides is 1. The number of alkyl halides is 3. The van der Waals surface area contributed by atoms with Crippen LogP contribution < -0.4 is 14.8 Å². The van der Waals surface area contributed by atoms with Crippen LogP contribution in [0.5, 0.6) is 5.75 Å². The zero-order chi connectivity index (χ0) is 23.7. The minimum absolute atomic E-state index is 0.0234. The van der Waals surface area contributed by atoms with Crippen LogP contribution in [0, 0.1) is 5.82 Å². The first-order valence-corrected chi connectivity index (χ1v) is 11.0.